The van der Waals surface area contributed by atoms with Crippen molar-refractivity contribution in [3.63, 3.8) is 0 Å². The van der Waals surface area contributed by atoms with Crippen LogP contribution in [-0.2, 0) is 20.9 Å². The standard InChI is InChI=1S/C17H18N4O4/c1-24-16-8-12(2-6-19-16)10-25-11-17(23)21-7-4-15(22)20-13-3-5-18-9-14(13)21/h2-3,5-6,8-9H,4,7,10-11H2,1H3,(H,20,22). The molecule has 1 N–H and O–H groups in total. The first kappa shape index (κ1) is 16.8. The minimum Gasteiger partial charge on any atom is -0.481 e. The smallest absolute Gasteiger partial charge is 0.253 e. The molecule has 0 aromatic carbocycles. The Balaban J connectivity index is 1.64. The highest BCUT2D eigenvalue weighted by atomic mass is 16.5. The molecular formula is C17H18N4O4. The molecule has 8 nitrogen and oxygen atoms in total. The molecule has 130 valence electrons. The topological polar surface area (TPSA) is 93.7 Å². The molecule has 0 saturated heterocycles. The van der Waals surface area contributed by atoms with Crippen molar-refractivity contribution in [2.75, 3.05) is 30.5 Å². The third kappa shape index (κ3) is 4.10. The molecule has 0 unspecified atom stereocenters. The summed E-state index contributed by atoms with van der Waals surface area (Å²) in [4.78, 5) is 33.9. The summed E-state index contributed by atoms with van der Waals surface area (Å²) in [5.41, 5.74) is 2.01. The van der Waals surface area contributed by atoms with Crippen molar-refractivity contribution >= 4 is 23.2 Å². The minimum absolute atomic E-state index is 0.104. The normalized spacial score (nSPS) is 13.6. The van der Waals surface area contributed by atoms with Gasteiger partial charge in [0.1, 0.15) is 6.61 Å². The fourth-order valence-electron chi connectivity index (χ4n) is 2.50. The Labute approximate surface area is 144 Å². The van der Waals surface area contributed by atoms with E-state index in [9.17, 15) is 9.59 Å². The molecule has 0 saturated carbocycles. The zero-order chi connectivity index (χ0) is 17.6. The molecule has 1 aliphatic rings. The molecule has 3 rings (SSSR count). The number of aromatic nitrogens is 2. The number of carbonyl (C=O) groups is 2. The van der Waals surface area contributed by atoms with Crippen molar-refractivity contribution in [3.8, 4) is 5.88 Å². The molecule has 0 radical (unpaired) electrons. The van der Waals surface area contributed by atoms with Crippen molar-refractivity contribution in [1.29, 1.82) is 0 Å². The van der Waals surface area contributed by atoms with Gasteiger partial charge in [-0.25, -0.2) is 4.98 Å². The molecule has 0 spiro atoms. The van der Waals surface area contributed by atoms with Crippen molar-refractivity contribution in [3.05, 3.63) is 42.4 Å². The van der Waals surface area contributed by atoms with Crippen molar-refractivity contribution in [2.45, 2.75) is 13.0 Å². The van der Waals surface area contributed by atoms with Gasteiger partial charge in [-0.1, -0.05) is 0 Å². The number of hydrogen-bond acceptors (Lipinski definition) is 6. The summed E-state index contributed by atoms with van der Waals surface area (Å²) in [5, 5.41) is 2.77. The fraction of sp³-hybridized carbons (Fsp3) is 0.294. The summed E-state index contributed by atoms with van der Waals surface area (Å²) in [6, 6.07) is 5.21. The van der Waals surface area contributed by atoms with Gasteiger partial charge in [0, 0.05) is 31.4 Å². The van der Waals surface area contributed by atoms with Crippen LogP contribution in [0.25, 0.3) is 0 Å². The molecule has 0 atom stereocenters. The van der Waals surface area contributed by atoms with Gasteiger partial charge in [-0.2, -0.15) is 0 Å². The van der Waals surface area contributed by atoms with E-state index in [0.29, 0.717) is 17.3 Å². The summed E-state index contributed by atoms with van der Waals surface area (Å²) in [6.45, 7) is 0.443. The lowest BCUT2D eigenvalue weighted by Crippen LogP contribution is -2.35. The number of ether oxygens (including phenoxy) is 2. The van der Waals surface area contributed by atoms with Gasteiger partial charge in [-0.15, -0.1) is 0 Å². The number of rotatable bonds is 5. The molecule has 2 aromatic rings. The third-order valence-electron chi connectivity index (χ3n) is 3.73. The lowest BCUT2D eigenvalue weighted by Gasteiger charge is -2.21. The van der Waals surface area contributed by atoms with Gasteiger partial charge in [0.15, 0.2) is 0 Å². The lowest BCUT2D eigenvalue weighted by atomic mass is 10.3. The van der Waals surface area contributed by atoms with Crippen LogP contribution in [-0.4, -0.2) is 42.0 Å². The highest BCUT2D eigenvalue weighted by molar-refractivity contribution is 6.03. The minimum atomic E-state index is -0.230. The maximum absolute atomic E-state index is 12.5. The number of nitrogens with one attached hydrogen (secondary N) is 1. The monoisotopic (exact) mass is 342 g/mol. The van der Waals surface area contributed by atoms with Gasteiger partial charge in [0.2, 0.25) is 11.8 Å². The van der Waals surface area contributed by atoms with Crippen molar-refractivity contribution < 1.29 is 19.1 Å². The number of nitrogens with zero attached hydrogens (tertiary/aromatic N) is 3. The Morgan fingerprint density at radius 3 is 3.08 bits per heavy atom. The molecule has 3 heterocycles. The summed E-state index contributed by atoms with van der Waals surface area (Å²) >= 11 is 0. The van der Waals surface area contributed by atoms with Crippen LogP contribution in [0.2, 0.25) is 0 Å². The number of carbonyl (C=O) groups excluding carboxylic acids is 2. The zero-order valence-electron chi connectivity index (χ0n) is 13.8. The van der Waals surface area contributed by atoms with E-state index in [2.05, 4.69) is 15.3 Å². The molecule has 0 bridgehead atoms. The fourth-order valence-corrected chi connectivity index (χ4v) is 2.50. The molecule has 2 aromatic heterocycles. The van der Waals surface area contributed by atoms with Gasteiger partial charge in [-0.3, -0.25) is 14.6 Å². The Kier molecular flexibility index (Phi) is 5.20. The summed E-state index contributed by atoms with van der Waals surface area (Å²) in [5.74, 6) is 0.129. The first-order chi connectivity index (χ1) is 12.2. The number of fused-ring (bicyclic) bond motifs is 1. The van der Waals surface area contributed by atoms with Gasteiger partial charge < -0.3 is 19.7 Å². The first-order valence-electron chi connectivity index (χ1n) is 7.78. The highest BCUT2D eigenvalue weighted by Gasteiger charge is 2.24. The number of pyridine rings is 2. The van der Waals surface area contributed by atoms with Crippen molar-refractivity contribution in [2.24, 2.45) is 0 Å². The Hall–Kier alpha value is -3.00. The van der Waals surface area contributed by atoms with Gasteiger partial charge in [0.05, 0.1) is 31.3 Å². The third-order valence-corrected chi connectivity index (χ3v) is 3.73. The highest BCUT2D eigenvalue weighted by Crippen LogP contribution is 2.27. The quantitative estimate of drug-likeness (QED) is 0.882. The van der Waals surface area contributed by atoms with E-state index in [1.165, 1.54) is 12.0 Å². The van der Waals surface area contributed by atoms with E-state index in [0.717, 1.165) is 5.56 Å². The predicted molar refractivity (Wildman–Crippen MR) is 90.3 cm³/mol. The van der Waals surface area contributed by atoms with E-state index in [4.69, 9.17) is 9.47 Å². The Morgan fingerprint density at radius 2 is 2.24 bits per heavy atom. The maximum atomic E-state index is 12.5. The number of anilines is 2. The number of amides is 2. The molecule has 0 fully saturated rings. The van der Waals surface area contributed by atoms with E-state index in [1.54, 1.807) is 36.8 Å². The average molecular weight is 342 g/mol. The average Bonchev–Trinajstić information content (AvgIpc) is 2.80. The van der Waals surface area contributed by atoms with E-state index >= 15 is 0 Å². The van der Waals surface area contributed by atoms with Crippen LogP contribution >= 0.6 is 0 Å². The van der Waals surface area contributed by atoms with Gasteiger partial charge in [0.25, 0.3) is 5.91 Å². The molecule has 25 heavy (non-hydrogen) atoms. The van der Waals surface area contributed by atoms with Gasteiger partial charge >= 0.3 is 0 Å². The van der Waals surface area contributed by atoms with Crippen LogP contribution in [0.15, 0.2) is 36.8 Å². The number of methoxy groups -OCH3 is 1. The van der Waals surface area contributed by atoms with Gasteiger partial charge in [-0.05, 0) is 17.7 Å². The second-order valence-electron chi connectivity index (χ2n) is 5.44. The van der Waals surface area contributed by atoms with Crippen LogP contribution in [0.1, 0.15) is 12.0 Å². The Bertz CT molecular complexity index is 781. The van der Waals surface area contributed by atoms with Crippen LogP contribution in [0.3, 0.4) is 0 Å². The second-order valence-corrected chi connectivity index (χ2v) is 5.44. The van der Waals surface area contributed by atoms with Crippen molar-refractivity contribution in [1.82, 2.24) is 9.97 Å². The lowest BCUT2D eigenvalue weighted by molar-refractivity contribution is -0.123. The summed E-state index contributed by atoms with van der Waals surface area (Å²) in [7, 11) is 1.54. The molecule has 8 heteroatoms. The first-order valence-corrected chi connectivity index (χ1v) is 7.78. The van der Waals surface area contributed by atoms with E-state index in [1.807, 2.05) is 0 Å². The summed E-state index contributed by atoms with van der Waals surface area (Å²) in [6.07, 6.45) is 4.97. The number of hydrogen-bond donors (Lipinski definition) is 1. The maximum Gasteiger partial charge on any atom is 0.253 e. The van der Waals surface area contributed by atoms with Crippen LogP contribution in [0.4, 0.5) is 11.4 Å². The zero-order valence-corrected chi connectivity index (χ0v) is 13.8. The van der Waals surface area contributed by atoms with E-state index < -0.39 is 0 Å². The SMILES string of the molecule is COc1cc(COCC(=O)N2CCC(=O)Nc3ccncc32)ccn1. The second kappa shape index (κ2) is 7.71. The predicted octanol–water partition coefficient (Wildman–Crippen LogP) is 1.38. The summed E-state index contributed by atoms with van der Waals surface area (Å²) < 4.78 is 10.6. The molecule has 1 aliphatic heterocycles. The van der Waals surface area contributed by atoms with Crippen LogP contribution in [0, 0.1) is 0 Å². The van der Waals surface area contributed by atoms with Crippen LogP contribution < -0.4 is 15.0 Å². The van der Waals surface area contributed by atoms with Crippen LogP contribution in [0.5, 0.6) is 5.88 Å². The molecular weight excluding hydrogens is 324 g/mol. The molecule has 2 amide bonds. The Morgan fingerprint density at radius 1 is 1.36 bits per heavy atom. The molecule has 0 aliphatic carbocycles. The van der Waals surface area contributed by atoms with E-state index in [-0.39, 0.29) is 38.0 Å². The largest absolute Gasteiger partial charge is 0.481 e.